The Hall–Kier alpha value is -4.94. The van der Waals surface area contributed by atoms with E-state index in [1.807, 2.05) is 66.7 Å². The summed E-state index contributed by atoms with van der Waals surface area (Å²) >= 11 is 0. The Kier molecular flexibility index (Phi) is 12.3. The largest absolute Gasteiger partial charge is 0.493 e. The van der Waals surface area contributed by atoms with Crippen LogP contribution in [0.2, 0.25) is 0 Å². The molecule has 0 bridgehead atoms. The van der Waals surface area contributed by atoms with E-state index < -0.39 is 0 Å². The molecule has 43 heavy (non-hydrogen) atoms. The van der Waals surface area contributed by atoms with Crippen LogP contribution >= 0.6 is 0 Å². The quantitative estimate of drug-likeness (QED) is 0.125. The molecule has 0 radical (unpaired) electrons. The zero-order chi connectivity index (χ0) is 30.1. The van der Waals surface area contributed by atoms with Crippen molar-refractivity contribution in [2.45, 2.75) is 6.54 Å². The van der Waals surface area contributed by atoms with Crippen molar-refractivity contribution in [3.63, 3.8) is 0 Å². The minimum Gasteiger partial charge on any atom is -0.493 e. The first-order chi connectivity index (χ1) is 21.2. The van der Waals surface area contributed by atoms with Gasteiger partial charge >= 0.3 is 0 Å². The monoisotopic (exact) mass is 587 g/mol. The Balaban J connectivity index is 1.23. The van der Waals surface area contributed by atoms with Gasteiger partial charge in [0.1, 0.15) is 0 Å². The molecule has 0 spiro atoms. The van der Waals surface area contributed by atoms with Crippen molar-refractivity contribution in [2.75, 3.05) is 69.7 Å². The summed E-state index contributed by atoms with van der Waals surface area (Å²) in [6, 6.07) is 24.4. The number of hydrogen-bond acceptors (Lipinski definition) is 11. The summed E-state index contributed by atoms with van der Waals surface area (Å²) in [4.78, 5) is 25.6. The van der Waals surface area contributed by atoms with Gasteiger partial charge in [0, 0.05) is 36.4 Å². The average molecular weight is 588 g/mol. The molecule has 0 fully saturated rings. The zero-order valence-electron chi connectivity index (χ0n) is 24.3. The first-order valence-electron chi connectivity index (χ1n) is 13.9. The van der Waals surface area contributed by atoms with E-state index in [2.05, 4.69) is 36.2 Å². The molecule has 12 nitrogen and oxygen atoms in total. The number of methoxy groups -OCH3 is 2. The molecule has 4 aromatic rings. The SMILES string of the molecule is COc1cccc(CNc2nc(NCCOCCOCCNC(=O)c3ccccc3)nc(Nc3ccccc3)n2)c1OC. The Labute approximate surface area is 251 Å². The van der Waals surface area contributed by atoms with Crippen LogP contribution in [0.15, 0.2) is 78.9 Å². The van der Waals surface area contributed by atoms with E-state index in [1.165, 1.54) is 0 Å². The summed E-state index contributed by atoms with van der Waals surface area (Å²) in [5.74, 6) is 2.33. The molecular weight excluding hydrogens is 550 g/mol. The van der Waals surface area contributed by atoms with Gasteiger partial charge in [-0.3, -0.25) is 4.79 Å². The van der Waals surface area contributed by atoms with Gasteiger partial charge in [-0.1, -0.05) is 48.5 Å². The van der Waals surface area contributed by atoms with Crippen molar-refractivity contribution < 1.29 is 23.7 Å². The van der Waals surface area contributed by atoms with Gasteiger partial charge in [0.25, 0.3) is 5.91 Å². The summed E-state index contributed by atoms with van der Waals surface area (Å²) < 4.78 is 22.1. The Bertz CT molecular complexity index is 1410. The maximum Gasteiger partial charge on any atom is 0.251 e. The number of carbonyl (C=O) groups excluding carboxylic acids is 1. The van der Waals surface area contributed by atoms with Crippen LogP contribution in [0.25, 0.3) is 0 Å². The summed E-state index contributed by atoms with van der Waals surface area (Å²) in [7, 11) is 3.21. The van der Waals surface area contributed by atoms with Crippen molar-refractivity contribution in [3.05, 3.63) is 90.0 Å². The number of ether oxygens (including phenoxy) is 4. The van der Waals surface area contributed by atoms with Gasteiger partial charge in [-0.25, -0.2) is 0 Å². The van der Waals surface area contributed by atoms with Crippen LogP contribution in [-0.2, 0) is 16.0 Å². The number of carbonyl (C=O) groups is 1. The summed E-state index contributed by atoms with van der Waals surface area (Å²) in [5, 5.41) is 12.5. The molecular formula is C31H37N7O5. The van der Waals surface area contributed by atoms with Crippen LogP contribution in [-0.4, -0.2) is 74.6 Å². The lowest BCUT2D eigenvalue weighted by Gasteiger charge is -2.14. The lowest BCUT2D eigenvalue weighted by molar-refractivity contribution is 0.0519. The molecule has 0 aliphatic rings. The molecule has 0 saturated heterocycles. The van der Waals surface area contributed by atoms with Crippen LogP contribution in [0.5, 0.6) is 11.5 Å². The van der Waals surface area contributed by atoms with Gasteiger partial charge in [0.2, 0.25) is 17.8 Å². The number of benzene rings is 3. The number of anilines is 4. The molecule has 4 N–H and O–H groups in total. The van der Waals surface area contributed by atoms with E-state index in [9.17, 15) is 4.79 Å². The van der Waals surface area contributed by atoms with E-state index in [-0.39, 0.29) is 5.91 Å². The van der Waals surface area contributed by atoms with Crippen LogP contribution < -0.4 is 30.7 Å². The minimum atomic E-state index is -0.120. The van der Waals surface area contributed by atoms with Crippen molar-refractivity contribution in [2.24, 2.45) is 0 Å². The first kappa shape index (κ1) is 31.0. The number of rotatable bonds is 18. The average Bonchev–Trinajstić information content (AvgIpc) is 3.05. The summed E-state index contributed by atoms with van der Waals surface area (Å²) in [6.45, 7) is 2.97. The predicted octanol–water partition coefficient (Wildman–Crippen LogP) is 4.12. The molecule has 3 aromatic carbocycles. The van der Waals surface area contributed by atoms with Gasteiger partial charge in [0.15, 0.2) is 11.5 Å². The van der Waals surface area contributed by atoms with Gasteiger partial charge < -0.3 is 40.2 Å². The van der Waals surface area contributed by atoms with Gasteiger partial charge in [-0.05, 0) is 30.3 Å². The number of aromatic nitrogens is 3. The zero-order valence-corrected chi connectivity index (χ0v) is 24.3. The minimum absolute atomic E-state index is 0.120. The van der Waals surface area contributed by atoms with E-state index in [0.717, 1.165) is 11.3 Å². The predicted molar refractivity (Wildman–Crippen MR) is 165 cm³/mol. The van der Waals surface area contributed by atoms with E-state index in [4.69, 9.17) is 18.9 Å². The maximum atomic E-state index is 12.0. The van der Waals surface area contributed by atoms with Gasteiger partial charge in [-0.2, -0.15) is 15.0 Å². The highest BCUT2D eigenvalue weighted by Crippen LogP contribution is 2.31. The topological polar surface area (TPSA) is 141 Å². The fraction of sp³-hybridized carbons (Fsp3) is 0.290. The Morgan fingerprint density at radius 1 is 0.674 bits per heavy atom. The van der Waals surface area contributed by atoms with Crippen molar-refractivity contribution in [3.8, 4) is 11.5 Å². The molecule has 0 aliphatic heterocycles. The normalized spacial score (nSPS) is 10.6. The van der Waals surface area contributed by atoms with Gasteiger partial charge in [0.05, 0.1) is 40.6 Å². The molecule has 0 saturated carbocycles. The number of nitrogens with one attached hydrogen (secondary N) is 4. The van der Waals surface area contributed by atoms with Crippen LogP contribution in [0, 0.1) is 0 Å². The number of amides is 1. The molecule has 12 heteroatoms. The second-order valence-electron chi connectivity index (χ2n) is 9.08. The number of hydrogen-bond donors (Lipinski definition) is 4. The first-order valence-corrected chi connectivity index (χ1v) is 13.9. The molecule has 1 heterocycles. The third-order valence-corrected chi connectivity index (χ3v) is 6.06. The Morgan fingerprint density at radius 2 is 1.33 bits per heavy atom. The van der Waals surface area contributed by atoms with E-state index in [1.54, 1.807) is 26.4 Å². The molecule has 0 unspecified atom stereocenters. The molecule has 1 amide bonds. The lowest BCUT2D eigenvalue weighted by Crippen LogP contribution is -2.27. The molecule has 1 aromatic heterocycles. The second kappa shape index (κ2) is 17.1. The van der Waals surface area contributed by atoms with E-state index >= 15 is 0 Å². The smallest absolute Gasteiger partial charge is 0.251 e. The fourth-order valence-corrected chi connectivity index (χ4v) is 3.99. The fourth-order valence-electron chi connectivity index (χ4n) is 3.99. The highest BCUT2D eigenvalue weighted by Gasteiger charge is 2.12. The third kappa shape index (κ3) is 10.1. The second-order valence-corrected chi connectivity index (χ2v) is 9.08. The highest BCUT2D eigenvalue weighted by atomic mass is 16.5. The summed E-state index contributed by atoms with van der Waals surface area (Å²) in [5.41, 5.74) is 2.37. The van der Waals surface area contributed by atoms with Crippen molar-refractivity contribution in [1.82, 2.24) is 20.3 Å². The van der Waals surface area contributed by atoms with Gasteiger partial charge in [-0.15, -0.1) is 0 Å². The molecule has 0 aliphatic carbocycles. The Morgan fingerprint density at radius 3 is 2.02 bits per heavy atom. The van der Waals surface area contributed by atoms with Crippen molar-refractivity contribution in [1.29, 1.82) is 0 Å². The molecule has 226 valence electrons. The molecule has 0 atom stereocenters. The maximum absolute atomic E-state index is 12.0. The number of nitrogens with zero attached hydrogens (tertiary/aromatic N) is 3. The van der Waals surface area contributed by atoms with Crippen LogP contribution in [0.3, 0.4) is 0 Å². The lowest BCUT2D eigenvalue weighted by atomic mass is 10.2. The van der Waals surface area contributed by atoms with Crippen molar-refractivity contribution >= 4 is 29.4 Å². The number of para-hydroxylation sites is 2. The highest BCUT2D eigenvalue weighted by molar-refractivity contribution is 5.94. The third-order valence-electron chi connectivity index (χ3n) is 6.06. The standard InChI is InChI=1S/C31H37N7O5/c1-40-26-15-9-12-24(27(26)41-2)22-34-30-36-29(37-31(38-30)35-25-13-7-4-8-14-25)33-17-19-43-21-20-42-18-16-32-28(39)23-10-5-3-6-11-23/h3-15H,16-22H2,1-2H3,(H,32,39)(H3,33,34,35,36,37,38). The summed E-state index contributed by atoms with van der Waals surface area (Å²) in [6.07, 6.45) is 0. The molecule has 4 rings (SSSR count). The van der Waals surface area contributed by atoms with Crippen LogP contribution in [0.4, 0.5) is 23.5 Å². The van der Waals surface area contributed by atoms with E-state index in [0.29, 0.717) is 81.0 Å². The van der Waals surface area contributed by atoms with Crippen LogP contribution in [0.1, 0.15) is 15.9 Å².